The van der Waals surface area contributed by atoms with Gasteiger partial charge in [-0.1, -0.05) is 35.5 Å². The van der Waals surface area contributed by atoms with Crippen molar-refractivity contribution in [3.63, 3.8) is 0 Å². The molecule has 0 radical (unpaired) electrons. The zero-order valence-corrected chi connectivity index (χ0v) is 17.5. The summed E-state index contributed by atoms with van der Waals surface area (Å²) in [6.07, 6.45) is 1.16. The minimum atomic E-state index is -1.24. The number of benzene rings is 1. The molecule has 1 aromatic carbocycles. The second kappa shape index (κ2) is 9.28. The molecule has 0 unspecified atom stereocenters. The van der Waals surface area contributed by atoms with Gasteiger partial charge in [0.1, 0.15) is 6.61 Å². The van der Waals surface area contributed by atoms with Gasteiger partial charge in [-0.25, -0.2) is 19.6 Å². The fourth-order valence-corrected chi connectivity index (χ4v) is 3.15. The molecule has 1 fully saturated rings. The number of hydrogen-bond acceptors (Lipinski definition) is 11. The SMILES string of the molecule is O=C1OC(=O)ON(c2ncccc2-c2cc(Cc3ccc(COc4ccccn4)cc3)no2)O1. The van der Waals surface area contributed by atoms with E-state index in [1.807, 2.05) is 36.4 Å². The molecule has 4 heterocycles. The topological polar surface area (TPSA) is 126 Å². The molecule has 5 rings (SSSR count). The maximum absolute atomic E-state index is 11.4. The van der Waals surface area contributed by atoms with Gasteiger partial charge in [0.25, 0.3) is 0 Å². The van der Waals surface area contributed by atoms with Crippen LogP contribution in [0.1, 0.15) is 16.8 Å². The van der Waals surface area contributed by atoms with E-state index in [4.69, 9.17) is 18.9 Å². The van der Waals surface area contributed by atoms with Crippen molar-refractivity contribution in [1.29, 1.82) is 0 Å². The summed E-state index contributed by atoms with van der Waals surface area (Å²) in [7, 11) is 0. The molecule has 11 nitrogen and oxygen atoms in total. The summed E-state index contributed by atoms with van der Waals surface area (Å²) < 4.78 is 15.3. The molecule has 11 heteroatoms. The normalized spacial score (nSPS) is 13.1. The largest absolute Gasteiger partial charge is 0.546 e. The summed E-state index contributed by atoms with van der Waals surface area (Å²) in [4.78, 5) is 40.5. The fourth-order valence-electron chi connectivity index (χ4n) is 3.15. The number of ether oxygens (including phenoxy) is 2. The van der Waals surface area contributed by atoms with Crippen LogP contribution in [0, 0.1) is 0 Å². The van der Waals surface area contributed by atoms with E-state index in [1.54, 1.807) is 30.5 Å². The third-order valence-electron chi connectivity index (χ3n) is 4.70. The minimum absolute atomic E-state index is 0.0208. The molecule has 0 atom stereocenters. The number of anilines is 1. The van der Waals surface area contributed by atoms with Crippen molar-refractivity contribution in [2.75, 3.05) is 5.23 Å². The average Bonchev–Trinajstić information content (AvgIpc) is 3.32. The predicted molar refractivity (Wildman–Crippen MR) is 114 cm³/mol. The van der Waals surface area contributed by atoms with Gasteiger partial charge in [0.15, 0.2) is 5.76 Å². The monoisotopic (exact) mass is 460 g/mol. The molecule has 0 amide bonds. The van der Waals surface area contributed by atoms with Gasteiger partial charge in [0.05, 0.1) is 11.3 Å². The van der Waals surface area contributed by atoms with Gasteiger partial charge in [-0.3, -0.25) is 9.68 Å². The van der Waals surface area contributed by atoms with Crippen LogP contribution in [0.4, 0.5) is 15.4 Å². The highest BCUT2D eigenvalue weighted by atomic mass is 17.1. The summed E-state index contributed by atoms with van der Waals surface area (Å²) in [5.74, 6) is 0.933. The second-order valence-corrected chi connectivity index (χ2v) is 7.05. The number of aromatic nitrogens is 3. The van der Waals surface area contributed by atoms with Gasteiger partial charge in [0, 0.05) is 36.2 Å². The first-order valence-corrected chi connectivity index (χ1v) is 10.1. The van der Waals surface area contributed by atoms with Gasteiger partial charge in [0.2, 0.25) is 11.7 Å². The zero-order chi connectivity index (χ0) is 23.3. The Morgan fingerprint density at radius 2 is 1.62 bits per heavy atom. The molecule has 170 valence electrons. The van der Waals surface area contributed by atoms with Crippen molar-refractivity contribution in [1.82, 2.24) is 15.1 Å². The molecule has 4 aromatic rings. The van der Waals surface area contributed by atoms with Crippen molar-refractivity contribution in [3.8, 4) is 17.2 Å². The Hall–Kier alpha value is -4.93. The van der Waals surface area contributed by atoms with Gasteiger partial charge < -0.3 is 14.0 Å². The Kier molecular flexibility index (Phi) is 5.72. The van der Waals surface area contributed by atoms with E-state index in [-0.39, 0.29) is 5.82 Å². The van der Waals surface area contributed by atoms with Gasteiger partial charge in [-0.2, -0.15) is 0 Å². The maximum Gasteiger partial charge on any atom is 0.546 e. The third kappa shape index (κ3) is 4.78. The van der Waals surface area contributed by atoms with Crippen molar-refractivity contribution in [3.05, 3.63) is 89.9 Å². The molecule has 0 aliphatic carbocycles. The summed E-state index contributed by atoms with van der Waals surface area (Å²) in [5, 5.41) is 4.67. The van der Waals surface area contributed by atoms with E-state index in [0.717, 1.165) is 11.1 Å². The minimum Gasteiger partial charge on any atom is -0.473 e. The number of cyclic esters (lactones) is 2. The lowest BCUT2D eigenvalue weighted by Crippen LogP contribution is -2.38. The lowest BCUT2D eigenvalue weighted by Gasteiger charge is -2.23. The Morgan fingerprint density at radius 3 is 2.38 bits per heavy atom. The van der Waals surface area contributed by atoms with Crippen LogP contribution in [0.25, 0.3) is 11.3 Å². The number of carbonyl (C=O) groups is 2. The number of nitrogens with zero attached hydrogens (tertiary/aromatic N) is 4. The summed E-state index contributed by atoms with van der Waals surface area (Å²) in [6, 6.07) is 18.4. The average molecular weight is 460 g/mol. The van der Waals surface area contributed by atoms with Gasteiger partial charge >= 0.3 is 12.3 Å². The lowest BCUT2D eigenvalue weighted by atomic mass is 10.1. The van der Waals surface area contributed by atoms with E-state index >= 15 is 0 Å². The van der Waals surface area contributed by atoms with Crippen LogP contribution < -0.4 is 9.96 Å². The fraction of sp³-hybridized carbons (Fsp3) is 0.0870. The van der Waals surface area contributed by atoms with Crippen molar-refractivity contribution >= 4 is 18.1 Å². The first-order chi connectivity index (χ1) is 16.6. The van der Waals surface area contributed by atoms with Gasteiger partial charge in [-0.15, -0.1) is 0 Å². The summed E-state index contributed by atoms with van der Waals surface area (Å²) >= 11 is 0. The number of pyridine rings is 2. The highest BCUT2D eigenvalue weighted by Crippen LogP contribution is 2.31. The highest BCUT2D eigenvalue weighted by Gasteiger charge is 2.32. The zero-order valence-electron chi connectivity index (χ0n) is 17.5. The Balaban J connectivity index is 1.27. The quantitative estimate of drug-likeness (QED) is 0.290. The van der Waals surface area contributed by atoms with Crippen molar-refractivity contribution in [2.24, 2.45) is 0 Å². The van der Waals surface area contributed by atoms with Crippen LogP contribution in [-0.4, -0.2) is 27.4 Å². The van der Waals surface area contributed by atoms with Crippen LogP contribution in [-0.2, 0) is 27.4 Å². The van der Waals surface area contributed by atoms with E-state index in [9.17, 15) is 9.59 Å². The molecule has 3 aromatic heterocycles. The molecule has 0 spiro atoms. The first-order valence-electron chi connectivity index (χ1n) is 10.1. The lowest BCUT2D eigenvalue weighted by molar-refractivity contribution is -0.0923. The predicted octanol–water partition coefficient (Wildman–Crippen LogP) is 4.24. The molecule has 1 aliphatic rings. The Bertz CT molecular complexity index is 1290. The van der Waals surface area contributed by atoms with Crippen LogP contribution in [0.3, 0.4) is 0 Å². The molecule has 0 bridgehead atoms. The van der Waals surface area contributed by atoms with Gasteiger partial charge in [-0.05, 0) is 29.3 Å². The Labute approximate surface area is 192 Å². The molecule has 0 saturated carbocycles. The van der Waals surface area contributed by atoms with Crippen LogP contribution in [0.5, 0.6) is 5.88 Å². The van der Waals surface area contributed by atoms with E-state index in [0.29, 0.717) is 41.2 Å². The number of rotatable bonds is 7. The van der Waals surface area contributed by atoms with Crippen LogP contribution in [0.2, 0.25) is 0 Å². The molecule has 1 aliphatic heterocycles. The Morgan fingerprint density at radius 1 is 0.853 bits per heavy atom. The second-order valence-electron chi connectivity index (χ2n) is 7.05. The molecular weight excluding hydrogens is 444 g/mol. The standard InChI is InChI=1S/C23H16N4O7/c28-22-31-23(29)34-27(33-22)21-18(4-3-11-25-21)19-13-17(26-32-19)12-15-6-8-16(9-7-15)14-30-20-5-1-2-10-24-20/h1-11,13H,12,14H2. The van der Waals surface area contributed by atoms with E-state index in [2.05, 4.69) is 19.9 Å². The number of carbonyl (C=O) groups excluding carboxylic acids is 2. The van der Waals surface area contributed by atoms with E-state index in [1.165, 1.54) is 6.20 Å². The summed E-state index contributed by atoms with van der Waals surface area (Å²) in [5.41, 5.74) is 3.08. The van der Waals surface area contributed by atoms with Crippen LogP contribution >= 0.6 is 0 Å². The number of hydrogen-bond donors (Lipinski definition) is 0. The third-order valence-corrected chi connectivity index (χ3v) is 4.70. The van der Waals surface area contributed by atoms with E-state index < -0.39 is 12.3 Å². The first kappa shape index (κ1) is 20.9. The molecule has 0 N–H and O–H groups in total. The van der Waals surface area contributed by atoms with Crippen molar-refractivity contribution in [2.45, 2.75) is 13.0 Å². The maximum atomic E-state index is 11.4. The molecular formula is C23H16N4O7. The molecule has 1 saturated heterocycles. The smallest absolute Gasteiger partial charge is 0.473 e. The molecule has 34 heavy (non-hydrogen) atoms. The van der Waals surface area contributed by atoms with Crippen LogP contribution in [0.15, 0.2) is 77.6 Å². The van der Waals surface area contributed by atoms with Crippen molar-refractivity contribution < 1.29 is 33.3 Å². The summed E-state index contributed by atoms with van der Waals surface area (Å²) in [6.45, 7) is 0.409. The highest BCUT2D eigenvalue weighted by molar-refractivity contribution is 5.81.